The molecule has 0 radical (unpaired) electrons. The molecule has 6 nitrogen and oxygen atoms in total. The fourth-order valence-corrected chi connectivity index (χ4v) is 4.49. The Bertz CT molecular complexity index is 1050. The van der Waals surface area contributed by atoms with Crippen LogP contribution in [0.1, 0.15) is 55.8 Å². The normalized spacial score (nSPS) is 14.6. The minimum atomic E-state index is 0.503. The summed E-state index contributed by atoms with van der Waals surface area (Å²) in [4.78, 5) is 18.7. The fraction of sp³-hybridized carbons (Fsp3) is 0.333. The molecule has 0 bridgehead atoms. The van der Waals surface area contributed by atoms with Crippen LogP contribution < -0.4 is 10.0 Å². The lowest BCUT2D eigenvalue weighted by Gasteiger charge is -2.22. The first-order valence-electron chi connectivity index (χ1n) is 11.0. The molecule has 8 heteroatoms. The van der Waals surface area contributed by atoms with Crippen LogP contribution in [0.3, 0.4) is 0 Å². The third kappa shape index (κ3) is 6.20. The molecule has 1 aliphatic rings. The highest BCUT2D eigenvalue weighted by Gasteiger charge is 2.13. The van der Waals surface area contributed by atoms with Crippen LogP contribution in [0.4, 0.5) is 11.8 Å². The molecule has 166 valence electrons. The predicted octanol–water partition coefficient (Wildman–Crippen LogP) is 6.52. The summed E-state index contributed by atoms with van der Waals surface area (Å²) in [6.07, 6.45) is 18.4. The third-order valence-electron chi connectivity index (χ3n) is 5.41. The largest absolute Gasteiger partial charge is 0.351 e. The highest BCUT2D eigenvalue weighted by Crippen LogP contribution is 2.27. The Morgan fingerprint density at radius 3 is 2.62 bits per heavy atom. The molecule has 1 fully saturated rings. The molecule has 0 unspecified atom stereocenters. The van der Waals surface area contributed by atoms with Crippen molar-refractivity contribution in [3.8, 4) is 0 Å². The first-order valence-corrected chi connectivity index (χ1v) is 12.2. The van der Waals surface area contributed by atoms with Gasteiger partial charge in [-0.25, -0.2) is 15.0 Å². The van der Waals surface area contributed by atoms with Gasteiger partial charge in [-0.2, -0.15) is 0 Å². The van der Waals surface area contributed by atoms with Crippen molar-refractivity contribution < 1.29 is 0 Å². The predicted molar refractivity (Wildman–Crippen MR) is 134 cm³/mol. The maximum atomic E-state index is 6.19. The van der Waals surface area contributed by atoms with Gasteiger partial charge in [0.05, 0.1) is 9.92 Å². The summed E-state index contributed by atoms with van der Waals surface area (Å²) < 4.78 is 3.25. The standard InChI is InChI=1S/C24H27ClN6S/c1-2-21-18(10-11-23(30-21)31-32-22-16-26-13-12-20(22)25)9-8-17-14-27-24(28-15-17)29-19-6-4-3-5-7-19/h8-16,19H,2-7H2,1H3,(H,30,31)(H,27,28,29)/b9-8+. The topological polar surface area (TPSA) is 75.6 Å². The lowest BCUT2D eigenvalue weighted by atomic mass is 9.96. The van der Waals surface area contributed by atoms with Crippen LogP contribution in [0.25, 0.3) is 12.2 Å². The molecule has 0 saturated heterocycles. The van der Waals surface area contributed by atoms with Gasteiger partial charge in [0, 0.05) is 42.1 Å². The van der Waals surface area contributed by atoms with E-state index in [9.17, 15) is 0 Å². The number of anilines is 2. The molecule has 0 atom stereocenters. The van der Waals surface area contributed by atoms with Crippen LogP contribution in [0, 0.1) is 0 Å². The van der Waals surface area contributed by atoms with Gasteiger partial charge >= 0.3 is 0 Å². The minimum Gasteiger partial charge on any atom is -0.351 e. The lowest BCUT2D eigenvalue weighted by molar-refractivity contribution is 0.461. The van der Waals surface area contributed by atoms with E-state index in [2.05, 4.69) is 44.1 Å². The summed E-state index contributed by atoms with van der Waals surface area (Å²) in [5.74, 6) is 1.50. The van der Waals surface area contributed by atoms with E-state index in [4.69, 9.17) is 16.6 Å². The van der Waals surface area contributed by atoms with Gasteiger partial charge in [-0.15, -0.1) is 0 Å². The summed E-state index contributed by atoms with van der Waals surface area (Å²) in [6, 6.07) is 6.30. The molecule has 0 spiro atoms. The Hall–Kier alpha value is -2.64. The number of nitrogens with zero attached hydrogens (tertiary/aromatic N) is 4. The van der Waals surface area contributed by atoms with Crippen molar-refractivity contribution in [2.24, 2.45) is 0 Å². The van der Waals surface area contributed by atoms with Crippen LogP contribution >= 0.6 is 23.5 Å². The second-order valence-electron chi connectivity index (χ2n) is 7.75. The van der Waals surface area contributed by atoms with Crippen LogP contribution in [-0.2, 0) is 6.42 Å². The molecule has 4 rings (SSSR count). The number of hydrogen-bond acceptors (Lipinski definition) is 7. The number of rotatable bonds is 8. The fourth-order valence-electron chi connectivity index (χ4n) is 3.66. The van der Waals surface area contributed by atoms with Gasteiger partial charge in [0.15, 0.2) is 0 Å². The van der Waals surface area contributed by atoms with Crippen molar-refractivity contribution in [3.05, 3.63) is 64.8 Å². The molecular formula is C24H27ClN6S. The molecule has 0 amide bonds. The monoisotopic (exact) mass is 466 g/mol. The van der Waals surface area contributed by atoms with Gasteiger partial charge in [0.2, 0.25) is 5.95 Å². The van der Waals surface area contributed by atoms with E-state index in [0.717, 1.165) is 34.0 Å². The lowest BCUT2D eigenvalue weighted by Crippen LogP contribution is -2.23. The van der Waals surface area contributed by atoms with Crippen molar-refractivity contribution >= 4 is 47.5 Å². The van der Waals surface area contributed by atoms with E-state index in [1.807, 2.05) is 24.5 Å². The number of hydrogen-bond donors (Lipinski definition) is 2. The highest BCUT2D eigenvalue weighted by molar-refractivity contribution is 8.00. The summed E-state index contributed by atoms with van der Waals surface area (Å²) in [6.45, 7) is 2.10. The summed E-state index contributed by atoms with van der Waals surface area (Å²) >= 11 is 7.59. The smallest absolute Gasteiger partial charge is 0.222 e. The number of pyridine rings is 2. The first kappa shape index (κ1) is 22.6. The third-order valence-corrected chi connectivity index (χ3v) is 6.71. The molecule has 1 saturated carbocycles. The van der Waals surface area contributed by atoms with Crippen LogP contribution in [0.5, 0.6) is 0 Å². The van der Waals surface area contributed by atoms with E-state index in [1.54, 1.807) is 18.5 Å². The summed E-state index contributed by atoms with van der Waals surface area (Å²) in [5, 5.41) is 4.12. The van der Waals surface area contributed by atoms with E-state index in [1.165, 1.54) is 44.1 Å². The zero-order valence-electron chi connectivity index (χ0n) is 18.1. The maximum Gasteiger partial charge on any atom is 0.222 e. The van der Waals surface area contributed by atoms with E-state index >= 15 is 0 Å². The van der Waals surface area contributed by atoms with Crippen molar-refractivity contribution in [1.82, 2.24) is 19.9 Å². The van der Waals surface area contributed by atoms with Gasteiger partial charge in [-0.05, 0) is 55.0 Å². The Balaban J connectivity index is 1.38. The summed E-state index contributed by atoms with van der Waals surface area (Å²) in [5.41, 5.74) is 3.05. The van der Waals surface area contributed by atoms with E-state index < -0.39 is 0 Å². The highest BCUT2D eigenvalue weighted by atomic mass is 35.5. The van der Waals surface area contributed by atoms with Crippen LogP contribution in [0.2, 0.25) is 5.02 Å². The maximum absolute atomic E-state index is 6.19. The summed E-state index contributed by atoms with van der Waals surface area (Å²) in [7, 11) is 0. The Labute approximate surface area is 198 Å². The van der Waals surface area contributed by atoms with E-state index in [-0.39, 0.29) is 0 Å². The van der Waals surface area contributed by atoms with Crippen molar-refractivity contribution in [2.45, 2.75) is 56.4 Å². The molecule has 1 aliphatic carbocycles. The Morgan fingerprint density at radius 1 is 1.06 bits per heavy atom. The van der Waals surface area contributed by atoms with Gasteiger partial charge in [-0.3, -0.25) is 4.98 Å². The first-order chi connectivity index (χ1) is 15.7. The van der Waals surface area contributed by atoms with Gasteiger partial charge in [-0.1, -0.05) is 49.9 Å². The second kappa shape index (κ2) is 11.3. The van der Waals surface area contributed by atoms with E-state index in [0.29, 0.717) is 17.0 Å². The Morgan fingerprint density at radius 2 is 1.88 bits per heavy atom. The number of aryl methyl sites for hydroxylation is 1. The number of halogens is 1. The van der Waals surface area contributed by atoms with Gasteiger partial charge in [0.1, 0.15) is 5.82 Å². The van der Waals surface area contributed by atoms with Crippen molar-refractivity contribution in [3.63, 3.8) is 0 Å². The average molecular weight is 467 g/mol. The molecular weight excluding hydrogens is 440 g/mol. The molecule has 0 aromatic carbocycles. The Kier molecular flexibility index (Phi) is 7.96. The molecule has 0 aliphatic heterocycles. The van der Waals surface area contributed by atoms with Gasteiger partial charge in [0.25, 0.3) is 0 Å². The number of aromatic nitrogens is 4. The zero-order chi connectivity index (χ0) is 22.2. The van der Waals surface area contributed by atoms with Crippen LogP contribution in [0.15, 0.2) is 47.9 Å². The van der Waals surface area contributed by atoms with Crippen LogP contribution in [-0.4, -0.2) is 26.0 Å². The molecule has 32 heavy (non-hydrogen) atoms. The number of nitrogens with one attached hydrogen (secondary N) is 2. The second-order valence-corrected chi connectivity index (χ2v) is 9.00. The molecule has 2 N–H and O–H groups in total. The SMILES string of the molecule is CCc1nc(NSc2cnccc2Cl)ccc1/C=C/c1cnc(NC2CCCCC2)nc1. The molecule has 3 aromatic rings. The zero-order valence-corrected chi connectivity index (χ0v) is 19.7. The average Bonchev–Trinajstić information content (AvgIpc) is 2.84. The molecule has 3 aromatic heterocycles. The minimum absolute atomic E-state index is 0.503. The van der Waals surface area contributed by atoms with Gasteiger partial charge < -0.3 is 10.0 Å². The quantitative estimate of drug-likeness (QED) is 0.366. The van der Waals surface area contributed by atoms with Crippen molar-refractivity contribution in [2.75, 3.05) is 10.0 Å². The van der Waals surface area contributed by atoms with Crippen molar-refractivity contribution in [1.29, 1.82) is 0 Å². The molecule has 3 heterocycles.